The Morgan fingerprint density at radius 1 is 1.77 bits per heavy atom. The minimum absolute atomic E-state index is 0.135. The van der Waals surface area contributed by atoms with E-state index in [0.717, 1.165) is 0 Å². The molecule has 2 N–H and O–H groups in total. The fourth-order valence-electron chi connectivity index (χ4n) is 0.979. The van der Waals surface area contributed by atoms with E-state index in [1.807, 2.05) is 0 Å². The molecule has 0 spiro atoms. The predicted octanol–water partition coefficient (Wildman–Crippen LogP) is 0.295. The maximum Gasteiger partial charge on any atom is 0.325 e. The summed E-state index contributed by atoms with van der Waals surface area (Å²) in [6.45, 7) is 0.135. The van der Waals surface area contributed by atoms with Crippen molar-refractivity contribution < 1.29 is 9.53 Å². The van der Waals surface area contributed by atoms with Crippen LogP contribution in [0.5, 0.6) is 0 Å². The topological polar surface area (TPSA) is 57.2 Å². The van der Waals surface area contributed by atoms with Crippen molar-refractivity contribution in [2.45, 2.75) is 6.54 Å². The molecule has 1 aromatic rings. The molecular weight excluding hydrogens is 188 g/mol. The molecule has 0 amide bonds. The third-order valence-electron chi connectivity index (χ3n) is 1.61. The zero-order chi connectivity index (χ0) is 9.84. The molecule has 0 aromatic carbocycles. The molecule has 0 radical (unpaired) electrons. The summed E-state index contributed by atoms with van der Waals surface area (Å²) in [7, 11) is 1.34. The Kier molecular flexibility index (Phi) is 3.02. The summed E-state index contributed by atoms with van der Waals surface area (Å²) in [5.41, 5.74) is 6.10. The number of carbonyl (C=O) groups excluding carboxylic acids is 1. The van der Waals surface area contributed by atoms with Gasteiger partial charge in [0, 0.05) is 6.20 Å². The fourth-order valence-corrected chi connectivity index (χ4v) is 1.16. The Labute approximate surface area is 81.3 Å². The molecule has 1 aromatic heterocycles. The van der Waals surface area contributed by atoms with Crippen molar-refractivity contribution in [1.29, 1.82) is 0 Å². The first kappa shape index (κ1) is 9.73. The number of methoxy groups -OCH3 is 1. The van der Waals surface area contributed by atoms with Crippen LogP contribution >= 0.6 is 12.2 Å². The lowest BCUT2D eigenvalue weighted by Crippen LogP contribution is -2.19. The van der Waals surface area contributed by atoms with Crippen molar-refractivity contribution in [3.05, 3.63) is 24.0 Å². The van der Waals surface area contributed by atoms with Crippen molar-refractivity contribution in [2.24, 2.45) is 5.73 Å². The second kappa shape index (κ2) is 4.04. The number of esters is 1. The summed E-state index contributed by atoms with van der Waals surface area (Å²) >= 11 is 4.80. The Bertz CT molecular complexity index is 333. The van der Waals surface area contributed by atoms with Crippen molar-refractivity contribution >= 4 is 23.2 Å². The Balaban J connectivity index is 2.82. The number of aromatic nitrogens is 1. The Hall–Kier alpha value is -1.36. The lowest BCUT2D eigenvalue weighted by Gasteiger charge is -2.05. The number of hydrogen-bond donors (Lipinski definition) is 1. The molecule has 1 rings (SSSR count). The third kappa shape index (κ3) is 2.29. The molecule has 0 bridgehead atoms. The molecule has 0 aliphatic heterocycles. The van der Waals surface area contributed by atoms with E-state index in [9.17, 15) is 4.79 Å². The van der Waals surface area contributed by atoms with Crippen LogP contribution in [-0.4, -0.2) is 22.6 Å². The highest BCUT2D eigenvalue weighted by Gasteiger charge is 2.07. The van der Waals surface area contributed by atoms with Crippen molar-refractivity contribution in [3.8, 4) is 0 Å². The number of ether oxygens (including phenoxy) is 1. The largest absolute Gasteiger partial charge is 0.468 e. The minimum atomic E-state index is -0.325. The summed E-state index contributed by atoms with van der Waals surface area (Å²) in [5.74, 6) is -0.325. The van der Waals surface area contributed by atoms with Gasteiger partial charge in [-0.05, 0) is 12.1 Å². The number of carbonyl (C=O) groups is 1. The van der Waals surface area contributed by atoms with Gasteiger partial charge >= 0.3 is 5.97 Å². The molecule has 13 heavy (non-hydrogen) atoms. The number of hydrogen-bond acceptors (Lipinski definition) is 3. The number of nitrogens with zero attached hydrogens (tertiary/aromatic N) is 1. The highest BCUT2D eigenvalue weighted by atomic mass is 32.1. The van der Waals surface area contributed by atoms with Crippen LogP contribution in [0, 0.1) is 0 Å². The standard InChI is InChI=1S/C8H10N2O2S/c1-12-7(11)5-10-4-2-3-6(10)8(9)13/h2-4H,5H2,1H3,(H2,9,13). The van der Waals surface area contributed by atoms with Crippen LogP contribution in [-0.2, 0) is 16.1 Å². The van der Waals surface area contributed by atoms with Gasteiger partial charge in [-0.2, -0.15) is 0 Å². The highest BCUT2D eigenvalue weighted by Crippen LogP contribution is 2.02. The van der Waals surface area contributed by atoms with Gasteiger partial charge in [-0.25, -0.2) is 0 Å². The summed E-state index contributed by atoms with van der Waals surface area (Å²) in [6.07, 6.45) is 1.73. The Morgan fingerprint density at radius 2 is 2.46 bits per heavy atom. The summed E-state index contributed by atoms with van der Waals surface area (Å²) < 4.78 is 6.16. The monoisotopic (exact) mass is 198 g/mol. The van der Waals surface area contributed by atoms with E-state index in [1.165, 1.54) is 7.11 Å². The molecule has 0 aliphatic rings. The first-order valence-corrected chi connectivity index (χ1v) is 4.07. The van der Waals surface area contributed by atoms with E-state index in [2.05, 4.69) is 4.74 Å². The molecule has 70 valence electrons. The van der Waals surface area contributed by atoms with E-state index < -0.39 is 0 Å². The lowest BCUT2D eigenvalue weighted by atomic mass is 10.4. The van der Waals surface area contributed by atoms with Crippen molar-refractivity contribution in [2.75, 3.05) is 7.11 Å². The molecule has 0 saturated heterocycles. The van der Waals surface area contributed by atoms with Gasteiger partial charge in [0.15, 0.2) is 0 Å². The van der Waals surface area contributed by atoms with Crippen LogP contribution in [0.2, 0.25) is 0 Å². The smallest absolute Gasteiger partial charge is 0.325 e. The summed E-state index contributed by atoms with van der Waals surface area (Å²) in [4.78, 5) is 11.2. The van der Waals surface area contributed by atoms with Gasteiger partial charge in [-0.1, -0.05) is 12.2 Å². The normalized spacial score (nSPS) is 9.62. The van der Waals surface area contributed by atoms with Gasteiger partial charge in [0.25, 0.3) is 0 Å². The average molecular weight is 198 g/mol. The SMILES string of the molecule is COC(=O)Cn1cccc1C(N)=S. The second-order valence-corrected chi connectivity index (χ2v) is 2.90. The molecule has 0 fully saturated rings. The van der Waals surface area contributed by atoms with Crippen molar-refractivity contribution in [3.63, 3.8) is 0 Å². The summed E-state index contributed by atoms with van der Waals surface area (Å²) in [6, 6.07) is 3.53. The van der Waals surface area contributed by atoms with Crippen LogP contribution in [0.1, 0.15) is 5.69 Å². The zero-order valence-electron chi connectivity index (χ0n) is 7.19. The maximum atomic E-state index is 10.9. The van der Waals surface area contributed by atoms with Crippen LogP contribution in [0.25, 0.3) is 0 Å². The first-order valence-electron chi connectivity index (χ1n) is 3.67. The number of nitrogens with two attached hydrogens (primary N) is 1. The summed E-state index contributed by atoms with van der Waals surface area (Å²) in [5, 5.41) is 0. The lowest BCUT2D eigenvalue weighted by molar-refractivity contribution is -0.141. The van der Waals surface area contributed by atoms with Gasteiger partial charge in [0.05, 0.1) is 12.8 Å². The molecule has 0 unspecified atom stereocenters. The van der Waals surface area contributed by atoms with Crippen LogP contribution in [0.3, 0.4) is 0 Å². The number of thiocarbonyl (C=S) groups is 1. The van der Waals surface area contributed by atoms with Gasteiger partial charge < -0.3 is 15.0 Å². The zero-order valence-corrected chi connectivity index (χ0v) is 8.00. The fraction of sp³-hybridized carbons (Fsp3) is 0.250. The van der Waals surface area contributed by atoms with E-state index in [-0.39, 0.29) is 17.5 Å². The first-order chi connectivity index (χ1) is 6.15. The number of rotatable bonds is 3. The van der Waals surface area contributed by atoms with Crippen LogP contribution in [0.15, 0.2) is 18.3 Å². The molecule has 1 heterocycles. The average Bonchev–Trinajstić information content (AvgIpc) is 2.52. The van der Waals surface area contributed by atoms with Gasteiger partial charge in [-0.3, -0.25) is 4.79 Å². The molecule has 5 heteroatoms. The molecule has 4 nitrogen and oxygen atoms in total. The predicted molar refractivity (Wildman–Crippen MR) is 52.3 cm³/mol. The minimum Gasteiger partial charge on any atom is -0.468 e. The van der Waals surface area contributed by atoms with Crippen LogP contribution in [0.4, 0.5) is 0 Å². The van der Waals surface area contributed by atoms with Gasteiger partial charge in [0.1, 0.15) is 11.5 Å². The molecule has 0 aliphatic carbocycles. The molecular formula is C8H10N2O2S. The Morgan fingerprint density at radius 3 is 3.00 bits per heavy atom. The van der Waals surface area contributed by atoms with Crippen molar-refractivity contribution in [1.82, 2.24) is 4.57 Å². The van der Waals surface area contributed by atoms with E-state index in [1.54, 1.807) is 22.9 Å². The maximum absolute atomic E-state index is 10.9. The van der Waals surface area contributed by atoms with Gasteiger partial charge in [0.2, 0.25) is 0 Å². The molecule has 0 saturated carbocycles. The van der Waals surface area contributed by atoms with E-state index in [4.69, 9.17) is 18.0 Å². The highest BCUT2D eigenvalue weighted by molar-refractivity contribution is 7.80. The van der Waals surface area contributed by atoms with E-state index >= 15 is 0 Å². The quantitative estimate of drug-likeness (QED) is 0.560. The van der Waals surface area contributed by atoms with E-state index in [0.29, 0.717) is 5.69 Å². The molecule has 0 atom stereocenters. The third-order valence-corrected chi connectivity index (χ3v) is 1.82. The second-order valence-electron chi connectivity index (χ2n) is 2.46. The van der Waals surface area contributed by atoms with Gasteiger partial charge in [-0.15, -0.1) is 0 Å². The van der Waals surface area contributed by atoms with Crippen LogP contribution < -0.4 is 5.73 Å².